The molecule has 0 radical (unpaired) electrons. The van der Waals surface area contributed by atoms with Crippen LogP contribution < -0.4 is 15.2 Å². The third-order valence-corrected chi connectivity index (χ3v) is 2.83. The summed E-state index contributed by atoms with van der Waals surface area (Å²) < 4.78 is 10.5. The van der Waals surface area contributed by atoms with E-state index in [1.54, 1.807) is 14.2 Å². The van der Waals surface area contributed by atoms with Gasteiger partial charge in [0.25, 0.3) is 0 Å². The molecule has 2 N–H and O–H groups in total. The van der Waals surface area contributed by atoms with Crippen molar-refractivity contribution in [2.24, 2.45) is 5.73 Å². The van der Waals surface area contributed by atoms with Gasteiger partial charge < -0.3 is 15.2 Å². The van der Waals surface area contributed by atoms with E-state index in [9.17, 15) is 0 Å². The van der Waals surface area contributed by atoms with Crippen molar-refractivity contribution in [2.45, 2.75) is 19.9 Å². The SMILES string of the molecule is COc1ccc(Cc2nc(C)nc(CN)n2)cc1OC. The predicted octanol–water partition coefficient (Wildman–Crippen LogP) is 1.25. The third kappa shape index (κ3) is 3.21. The minimum absolute atomic E-state index is 0.308. The number of hydrogen-bond donors (Lipinski definition) is 1. The zero-order chi connectivity index (χ0) is 14.5. The number of nitrogens with zero attached hydrogens (tertiary/aromatic N) is 3. The number of hydrogen-bond acceptors (Lipinski definition) is 6. The summed E-state index contributed by atoms with van der Waals surface area (Å²) in [5.74, 6) is 3.37. The third-order valence-electron chi connectivity index (χ3n) is 2.83. The van der Waals surface area contributed by atoms with Gasteiger partial charge in [-0.25, -0.2) is 15.0 Å². The molecule has 1 aromatic carbocycles. The van der Waals surface area contributed by atoms with Crippen LogP contribution in [0, 0.1) is 6.92 Å². The molecule has 0 saturated carbocycles. The summed E-state index contributed by atoms with van der Waals surface area (Å²) >= 11 is 0. The van der Waals surface area contributed by atoms with Crippen LogP contribution >= 0.6 is 0 Å². The fourth-order valence-electron chi connectivity index (χ4n) is 1.94. The molecule has 0 unspecified atom stereocenters. The van der Waals surface area contributed by atoms with Crippen molar-refractivity contribution >= 4 is 0 Å². The van der Waals surface area contributed by atoms with Gasteiger partial charge in [-0.05, 0) is 24.6 Å². The molecule has 1 aromatic heterocycles. The van der Waals surface area contributed by atoms with E-state index in [2.05, 4.69) is 15.0 Å². The highest BCUT2D eigenvalue weighted by molar-refractivity contribution is 5.43. The van der Waals surface area contributed by atoms with Gasteiger partial charge in [0.15, 0.2) is 11.5 Å². The van der Waals surface area contributed by atoms with Gasteiger partial charge >= 0.3 is 0 Å². The van der Waals surface area contributed by atoms with Crippen LogP contribution in [-0.4, -0.2) is 29.2 Å². The Morgan fingerprint density at radius 1 is 1.00 bits per heavy atom. The minimum atomic E-state index is 0.308. The van der Waals surface area contributed by atoms with Gasteiger partial charge in [-0.2, -0.15) is 0 Å². The van der Waals surface area contributed by atoms with Crippen LogP contribution in [0.2, 0.25) is 0 Å². The summed E-state index contributed by atoms with van der Waals surface area (Å²) in [5, 5.41) is 0. The first-order valence-electron chi connectivity index (χ1n) is 6.27. The van der Waals surface area contributed by atoms with Crippen molar-refractivity contribution in [1.82, 2.24) is 15.0 Å². The van der Waals surface area contributed by atoms with Gasteiger partial charge in [0.1, 0.15) is 17.5 Å². The van der Waals surface area contributed by atoms with Crippen molar-refractivity contribution in [3.63, 3.8) is 0 Å². The maximum atomic E-state index is 5.58. The second-order valence-corrected chi connectivity index (χ2v) is 4.29. The van der Waals surface area contributed by atoms with Crippen LogP contribution in [0.25, 0.3) is 0 Å². The van der Waals surface area contributed by atoms with Crippen molar-refractivity contribution in [3.8, 4) is 11.5 Å². The lowest BCUT2D eigenvalue weighted by Crippen LogP contribution is -2.09. The van der Waals surface area contributed by atoms with Crippen LogP contribution in [0.3, 0.4) is 0 Å². The highest BCUT2D eigenvalue weighted by Gasteiger charge is 2.08. The summed E-state index contributed by atoms with van der Waals surface area (Å²) in [5.41, 5.74) is 6.61. The fraction of sp³-hybridized carbons (Fsp3) is 0.357. The molecule has 0 atom stereocenters. The smallest absolute Gasteiger partial charge is 0.161 e. The number of rotatable bonds is 5. The Balaban J connectivity index is 2.27. The molecule has 2 rings (SSSR count). The second-order valence-electron chi connectivity index (χ2n) is 4.29. The average molecular weight is 274 g/mol. The van der Waals surface area contributed by atoms with Gasteiger partial charge in [-0.15, -0.1) is 0 Å². The summed E-state index contributed by atoms with van der Waals surface area (Å²) in [4.78, 5) is 12.8. The number of aromatic nitrogens is 3. The Bertz CT molecular complexity index is 602. The lowest BCUT2D eigenvalue weighted by Gasteiger charge is -2.09. The molecule has 0 fully saturated rings. The molecule has 0 aliphatic carbocycles. The first kappa shape index (κ1) is 14.2. The highest BCUT2D eigenvalue weighted by Crippen LogP contribution is 2.28. The molecule has 2 aromatic rings. The first-order valence-corrected chi connectivity index (χ1v) is 6.27. The molecule has 20 heavy (non-hydrogen) atoms. The van der Waals surface area contributed by atoms with Crippen LogP contribution in [0.4, 0.5) is 0 Å². The second kappa shape index (κ2) is 6.29. The zero-order valence-corrected chi connectivity index (χ0v) is 11.9. The largest absolute Gasteiger partial charge is 0.493 e. The van der Waals surface area contributed by atoms with E-state index >= 15 is 0 Å². The average Bonchev–Trinajstić information content (AvgIpc) is 2.46. The van der Waals surface area contributed by atoms with Gasteiger partial charge in [-0.3, -0.25) is 0 Å². The molecular weight excluding hydrogens is 256 g/mol. The standard InChI is InChI=1S/C14H18N4O2/c1-9-16-13(18-14(8-15)17-9)7-10-4-5-11(19-2)12(6-10)20-3/h4-6H,7-8,15H2,1-3H3. The Labute approximate surface area is 118 Å². The van der Waals surface area contributed by atoms with Crippen molar-refractivity contribution in [2.75, 3.05) is 14.2 Å². The summed E-state index contributed by atoms with van der Waals surface area (Å²) in [6, 6.07) is 5.74. The minimum Gasteiger partial charge on any atom is -0.493 e. The number of ether oxygens (including phenoxy) is 2. The normalized spacial score (nSPS) is 10.4. The van der Waals surface area contributed by atoms with Gasteiger partial charge in [0, 0.05) is 6.42 Å². The van der Waals surface area contributed by atoms with Crippen LogP contribution in [0.1, 0.15) is 23.0 Å². The molecule has 1 heterocycles. The molecule has 0 aliphatic heterocycles. The molecule has 0 bridgehead atoms. The summed E-state index contributed by atoms with van der Waals surface area (Å²) in [6.07, 6.45) is 0.594. The molecule has 0 saturated heterocycles. The van der Waals surface area contributed by atoms with E-state index in [-0.39, 0.29) is 0 Å². The Morgan fingerprint density at radius 3 is 2.35 bits per heavy atom. The molecule has 0 amide bonds. The number of methoxy groups -OCH3 is 2. The van der Waals surface area contributed by atoms with E-state index in [1.807, 2.05) is 25.1 Å². The maximum Gasteiger partial charge on any atom is 0.161 e. The van der Waals surface area contributed by atoms with Crippen molar-refractivity contribution in [3.05, 3.63) is 41.2 Å². The molecule has 6 heteroatoms. The van der Waals surface area contributed by atoms with Gasteiger partial charge in [0.05, 0.1) is 20.8 Å². The van der Waals surface area contributed by atoms with Crippen molar-refractivity contribution < 1.29 is 9.47 Å². The Kier molecular flexibility index (Phi) is 4.47. The summed E-state index contributed by atoms with van der Waals surface area (Å²) in [6.45, 7) is 2.14. The van der Waals surface area contributed by atoms with Gasteiger partial charge in [-0.1, -0.05) is 6.07 Å². The maximum absolute atomic E-state index is 5.58. The fourth-order valence-corrected chi connectivity index (χ4v) is 1.94. The molecule has 106 valence electrons. The number of nitrogens with two attached hydrogens (primary N) is 1. The number of benzene rings is 1. The molecule has 6 nitrogen and oxygen atoms in total. The van der Waals surface area contributed by atoms with Gasteiger partial charge in [0.2, 0.25) is 0 Å². The van der Waals surface area contributed by atoms with E-state index in [0.717, 1.165) is 5.56 Å². The lowest BCUT2D eigenvalue weighted by atomic mass is 10.1. The van der Waals surface area contributed by atoms with E-state index in [1.165, 1.54) is 0 Å². The van der Waals surface area contributed by atoms with E-state index in [4.69, 9.17) is 15.2 Å². The van der Waals surface area contributed by atoms with Crippen molar-refractivity contribution in [1.29, 1.82) is 0 Å². The lowest BCUT2D eigenvalue weighted by molar-refractivity contribution is 0.354. The monoisotopic (exact) mass is 274 g/mol. The summed E-state index contributed by atoms with van der Waals surface area (Å²) in [7, 11) is 3.22. The van der Waals surface area contributed by atoms with Crippen LogP contribution in [0.15, 0.2) is 18.2 Å². The molecular formula is C14H18N4O2. The molecule has 0 aliphatic rings. The van der Waals surface area contributed by atoms with E-state index < -0.39 is 0 Å². The predicted molar refractivity (Wildman–Crippen MR) is 74.8 cm³/mol. The number of aryl methyl sites for hydroxylation is 1. The van der Waals surface area contributed by atoms with Crippen LogP contribution in [-0.2, 0) is 13.0 Å². The highest BCUT2D eigenvalue weighted by atomic mass is 16.5. The Morgan fingerprint density at radius 2 is 1.70 bits per heavy atom. The van der Waals surface area contributed by atoms with E-state index in [0.29, 0.717) is 41.9 Å². The first-order chi connectivity index (χ1) is 9.66. The zero-order valence-electron chi connectivity index (χ0n) is 11.9. The quantitative estimate of drug-likeness (QED) is 0.883. The van der Waals surface area contributed by atoms with Crippen LogP contribution in [0.5, 0.6) is 11.5 Å². The Hall–Kier alpha value is -2.21. The topological polar surface area (TPSA) is 83.2 Å². The molecule has 0 spiro atoms.